The van der Waals surface area contributed by atoms with Crippen molar-refractivity contribution in [3.63, 3.8) is 0 Å². The number of hydrogen-bond acceptors (Lipinski definition) is 3. The number of aliphatic hydroxyl groups is 1. The Morgan fingerprint density at radius 3 is 2.68 bits per heavy atom. The largest absolute Gasteiger partial charge is 0.388 e. The van der Waals surface area contributed by atoms with Gasteiger partial charge in [-0.25, -0.2) is 0 Å². The Labute approximate surface area is 126 Å². The molecule has 6 heteroatoms. The average Bonchev–Trinajstić information content (AvgIpc) is 2.41. The third-order valence-electron chi connectivity index (χ3n) is 3.33. The molecule has 1 fully saturated rings. The molecule has 0 amide bonds. The summed E-state index contributed by atoms with van der Waals surface area (Å²) in [5.74, 6) is 1.46. The molecule has 1 heterocycles. The Hall–Kier alpha value is -0.130. The quantitative estimate of drug-likeness (QED) is 0.926. The summed E-state index contributed by atoms with van der Waals surface area (Å²) in [4.78, 5) is 2.23. The molecule has 0 aliphatic carbocycles. The second-order valence-electron chi connectivity index (χ2n) is 4.64. The van der Waals surface area contributed by atoms with Gasteiger partial charge in [-0.1, -0.05) is 35.3 Å². The molecule has 0 radical (unpaired) electrons. The lowest BCUT2D eigenvalue weighted by atomic mass is 10.1. The van der Waals surface area contributed by atoms with Crippen molar-refractivity contribution in [1.29, 1.82) is 0 Å². The van der Waals surface area contributed by atoms with Gasteiger partial charge in [0.05, 0.1) is 16.1 Å². The number of benzene rings is 1. The maximum absolute atomic E-state index is 11.3. The first-order valence-corrected chi connectivity index (χ1v) is 8.51. The van der Waals surface area contributed by atoms with Gasteiger partial charge in [0.25, 0.3) is 0 Å². The van der Waals surface area contributed by atoms with Gasteiger partial charge in [0.15, 0.2) is 0 Å². The topological polar surface area (TPSA) is 40.5 Å². The number of halogens is 2. The zero-order valence-corrected chi connectivity index (χ0v) is 12.8. The van der Waals surface area contributed by atoms with Gasteiger partial charge in [-0.15, -0.1) is 0 Å². The van der Waals surface area contributed by atoms with Crippen LogP contribution in [0, 0.1) is 0 Å². The molecule has 0 bridgehead atoms. The van der Waals surface area contributed by atoms with Crippen LogP contribution < -0.4 is 0 Å². The minimum atomic E-state index is -0.661. The molecule has 0 aromatic heterocycles. The molecule has 1 aromatic carbocycles. The monoisotopic (exact) mass is 321 g/mol. The van der Waals surface area contributed by atoms with Gasteiger partial charge in [-0.05, 0) is 12.5 Å². The van der Waals surface area contributed by atoms with Gasteiger partial charge in [0, 0.05) is 47.5 Å². The number of aliphatic hydroxyl groups excluding tert-OH is 1. The molecule has 106 valence electrons. The summed E-state index contributed by atoms with van der Waals surface area (Å²) in [6.07, 6.45) is -0.00852. The van der Waals surface area contributed by atoms with Crippen LogP contribution in [0.2, 0.25) is 10.0 Å². The van der Waals surface area contributed by atoms with E-state index in [0.29, 0.717) is 22.0 Å². The normalized spacial score (nSPS) is 19.5. The summed E-state index contributed by atoms with van der Waals surface area (Å²) >= 11 is 12.0. The predicted octanol–water partition coefficient (Wildman–Crippen LogP) is 2.48. The van der Waals surface area contributed by atoms with E-state index in [2.05, 4.69) is 4.90 Å². The van der Waals surface area contributed by atoms with Gasteiger partial charge in [0.2, 0.25) is 0 Å². The molecule has 0 saturated carbocycles. The summed E-state index contributed by atoms with van der Waals surface area (Å²) in [6.45, 7) is 2.45. The van der Waals surface area contributed by atoms with E-state index in [1.165, 1.54) is 0 Å². The molecule has 1 aliphatic rings. The van der Waals surface area contributed by atoms with Crippen molar-refractivity contribution in [3.05, 3.63) is 33.8 Å². The average molecular weight is 322 g/mol. The lowest BCUT2D eigenvalue weighted by molar-refractivity contribution is 0.145. The highest BCUT2D eigenvalue weighted by Crippen LogP contribution is 2.31. The van der Waals surface area contributed by atoms with Crippen LogP contribution >= 0.6 is 23.2 Å². The summed E-state index contributed by atoms with van der Waals surface area (Å²) in [5.41, 5.74) is 0.676. The van der Waals surface area contributed by atoms with E-state index in [1.54, 1.807) is 18.2 Å². The Bertz CT molecular complexity index is 460. The Morgan fingerprint density at radius 2 is 2.00 bits per heavy atom. The first-order chi connectivity index (χ1) is 9.08. The molecule has 1 aromatic rings. The van der Waals surface area contributed by atoms with Crippen LogP contribution in [-0.4, -0.2) is 45.4 Å². The van der Waals surface area contributed by atoms with E-state index in [-0.39, 0.29) is 0 Å². The fourth-order valence-electron chi connectivity index (χ4n) is 2.14. The SMILES string of the molecule is O=S1CCN(CCC(O)c2cccc(Cl)c2Cl)CC1. The van der Waals surface area contributed by atoms with E-state index in [1.807, 2.05) is 0 Å². The summed E-state index contributed by atoms with van der Waals surface area (Å²) < 4.78 is 11.3. The van der Waals surface area contributed by atoms with Gasteiger partial charge in [0.1, 0.15) is 0 Å². The second-order valence-corrected chi connectivity index (χ2v) is 7.12. The molecule has 1 atom stereocenters. The number of hydrogen-bond donors (Lipinski definition) is 1. The third-order valence-corrected chi connectivity index (χ3v) is 5.44. The molecule has 0 spiro atoms. The summed E-state index contributed by atoms with van der Waals surface area (Å²) in [7, 11) is -0.661. The highest BCUT2D eigenvalue weighted by molar-refractivity contribution is 7.85. The smallest absolute Gasteiger partial charge is 0.0817 e. The number of nitrogens with zero attached hydrogens (tertiary/aromatic N) is 1. The van der Waals surface area contributed by atoms with Crippen LogP contribution in [0.15, 0.2) is 18.2 Å². The lowest BCUT2D eigenvalue weighted by Crippen LogP contribution is -2.38. The molecule has 1 N–H and O–H groups in total. The van der Waals surface area contributed by atoms with Crippen molar-refractivity contribution in [2.24, 2.45) is 0 Å². The van der Waals surface area contributed by atoms with Crippen molar-refractivity contribution in [3.8, 4) is 0 Å². The lowest BCUT2D eigenvalue weighted by Gasteiger charge is -2.27. The summed E-state index contributed by atoms with van der Waals surface area (Å²) in [6, 6.07) is 5.29. The maximum atomic E-state index is 11.3. The van der Waals surface area contributed by atoms with Crippen molar-refractivity contribution in [2.45, 2.75) is 12.5 Å². The van der Waals surface area contributed by atoms with Crippen LogP contribution in [-0.2, 0) is 10.8 Å². The van der Waals surface area contributed by atoms with Crippen LogP contribution in [0.25, 0.3) is 0 Å². The second kappa shape index (κ2) is 7.04. The first-order valence-electron chi connectivity index (χ1n) is 6.27. The van der Waals surface area contributed by atoms with Crippen LogP contribution in [0.4, 0.5) is 0 Å². The zero-order chi connectivity index (χ0) is 13.8. The molecule has 1 unspecified atom stereocenters. The molecule has 1 aliphatic heterocycles. The summed E-state index contributed by atoms with van der Waals surface area (Å²) in [5, 5.41) is 11.1. The maximum Gasteiger partial charge on any atom is 0.0817 e. The van der Waals surface area contributed by atoms with Crippen LogP contribution in [0.1, 0.15) is 18.1 Å². The van der Waals surface area contributed by atoms with Gasteiger partial charge in [-0.2, -0.15) is 0 Å². The van der Waals surface area contributed by atoms with Crippen molar-refractivity contribution in [2.75, 3.05) is 31.1 Å². The molecule has 2 rings (SSSR count). The predicted molar refractivity (Wildman–Crippen MR) is 80.4 cm³/mol. The minimum absolute atomic E-state index is 0.427. The molecule has 1 saturated heterocycles. The van der Waals surface area contributed by atoms with E-state index in [4.69, 9.17) is 23.2 Å². The fourth-order valence-corrected chi connectivity index (χ4v) is 3.70. The Balaban J connectivity index is 1.89. The molecular formula is C13H17Cl2NO2S. The molecule has 3 nitrogen and oxygen atoms in total. The highest BCUT2D eigenvalue weighted by Gasteiger charge is 2.18. The van der Waals surface area contributed by atoms with Crippen molar-refractivity contribution in [1.82, 2.24) is 4.90 Å². The van der Waals surface area contributed by atoms with Crippen molar-refractivity contribution >= 4 is 34.0 Å². The zero-order valence-electron chi connectivity index (χ0n) is 10.5. The highest BCUT2D eigenvalue weighted by atomic mass is 35.5. The van der Waals surface area contributed by atoms with Gasteiger partial charge < -0.3 is 10.0 Å². The molecule has 19 heavy (non-hydrogen) atoms. The first kappa shape index (κ1) is 15.3. The Kier molecular flexibility index (Phi) is 5.66. The molecular weight excluding hydrogens is 305 g/mol. The van der Waals surface area contributed by atoms with E-state index < -0.39 is 16.9 Å². The Morgan fingerprint density at radius 1 is 1.32 bits per heavy atom. The third kappa shape index (κ3) is 4.17. The van der Waals surface area contributed by atoms with Crippen molar-refractivity contribution < 1.29 is 9.32 Å². The minimum Gasteiger partial charge on any atom is -0.388 e. The van der Waals surface area contributed by atoms with E-state index in [0.717, 1.165) is 31.1 Å². The van der Waals surface area contributed by atoms with Crippen LogP contribution in [0.5, 0.6) is 0 Å². The van der Waals surface area contributed by atoms with E-state index in [9.17, 15) is 9.32 Å². The standard InChI is InChI=1S/C13H17Cl2NO2S/c14-11-3-1-2-10(13(11)15)12(17)4-5-16-6-8-19(18)9-7-16/h1-3,12,17H,4-9H2. The number of rotatable bonds is 4. The van der Waals surface area contributed by atoms with Gasteiger partial charge >= 0.3 is 0 Å². The fraction of sp³-hybridized carbons (Fsp3) is 0.538. The van der Waals surface area contributed by atoms with Gasteiger partial charge in [-0.3, -0.25) is 4.21 Å². The van der Waals surface area contributed by atoms with Crippen LogP contribution in [0.3, 0.4) is 0 Å². The van der Waals surface area contributed by atoms with E-state index >= 15 is 0 Å².